The third-order valence-electron chi connectivity index (χ3n) is 2.82. The minimum absolute atomic E-state index is 0.0530. The molecule has 0 saturated heterocycles. The van der Waals surface area contributed by atoms with E-state index in [4.69, 9.17) is 10.8 Å². The highest BCUT2D eigenvalue weighted by molar-refractivity contribution is 5.76. The van der Waals surface area contributed by atoms with Gasteiger partial charge in [0.1, 0.15) is 0 Å². The highest BCUT2D eigenvalue weighted by atomic mass is 16.2. The number of aliphatic hydroxyl groups is 1. The van der Waals surface area contributed by atoms with Crippen molar-refractivity contribution in [1.29, 1.82) is 0 Å². The quantitative estimate of drug-likeness (QED) is 0.642. The molecule has 4 N–H and O–H groups in total. The molecule has 0 aliphatic heterocycles. The molecule has 1 amide bonds. The number of nitrogens with two attached hydrogens (primary N) is 1. The van der Waals surface area contributed by atoms with Crippen molar-refractivity contribution < 1.29 is 9.90 Å². The van der Waals surface area contributed by atoms with Gasteiger partial charge in [0.2, 0.25) is 5.91 Å². The summed E-state index contributed by atoms with van der Waals surface area (Å²) in [7, 11) is 0. The lowest BCUT2D eigenvalue weighted by atomic mass is 10.1. The van der Waals surface area contributed by atoms with Gasteiger partial charge < -0.3 is 16.2 Å². The second kappa shape index (κ2) is 7.71. The molecule has 1 unspecified atom stereocenters. The molecular weight excluding hydrogens is 228 g/mol. The summed E-state index contributed by atoms with van der Waals surface area (Å²) < 4.78 is 0. The second-order valence-corrected chi connectivity index (χ2v) is 4.58. The zero-order chi connectivity index (χ0) is 13.4. The number of hydrogen-bond donors (Lipinski definition) is 3. The summed E-state index contributed by atoms with van der Waals surface area (Å²) in [6.45, 7) is 2.13. The molecule has 0 saturated carbocycles. The normalized spacial score (nSPS) is 12.1. The first-order chi connectivity index (χ1) is 8.61. The van der Waals surface area contributed by atoms with E-state index in [9.17, 15) is 4.79 Å². The first-order valence-electron chi connectivity index (χ1n) is 6.36. The maximum absolute atomic E-state index is 11.7. The van der Waals surface area contributed by atoms with E-state index < -0.39 is 0 Å². The van der Waals surface area contributed by atoms with Crippen molar-refractivity contribution in [1.82, 2.24) is 5.32 Å². The highest BCUT2D eigenvalue weighted by Crippen LogP contribution is 2.07. The molecule has 0 spiro atoms. The number of aliphatic hydroxyl groups excluding tert-OH is 1. The Labute approximate surface area is 108 Å². The average Bonchev–Trinajstić information content (AvgIpc) is 2.35. The number of amides is 1. The van der Waals surface area contributed by atoms with Crippen LogP contribution in [0.2, 0.25) is 0 Å². The van der Waals surface area contributed by atoms with Gasteiger partial charge in [0, 0.05) is 24.8 Å². The first-order valence-corrected chi connectivity index (χ1v) is 6.36. The molecule has 1 aromatic carbocycles. The van der Waals surface area contributed by atoms with Crippen molar-refractivity contribution in [3.05, 3.63) is 29.8 Å². The van der Waals surface area contributed by atoms with Gasteiger partial charge in [-0.25, -0.2) is 0 Å². The van der Waals surface area contributed by atoms with Gasteiger partial charge in [0.25, 0.3) is 0 Å². The van der Waals surface area contributed by atoms with E-state index in [0.29, 0.717) is 6.42 Å². The van der Waals surface area contributed by atoms with Crippen molar-refractivity contribution in [3.63, 3.8) is 0 Å². The molecule has 1 aromatic rings. The van der Waals surface area contributed by atoms with Gasteiger partial charge >= 0.3 is 0 Å². The second-order valence-electron chi connectivity index (χ2n) is 4.58. The van der Waals surface area contributed by atoms with Crippen molar-refractivity contribution in [2.75, 3.05) is 12.3 Å². The molecule has 0 fully saturated rings. The van der Waals surface area contributed by atoms with Crippen LogP contribution in [-0.4, -0.2) is 23.7 Å². The molecule has 0 aliphatic carbocycles. The smallest absolute Gasteiger partial charge is 0.220 e. The van der Waals surface area contributed by atoms with E-state index >= 15 is 0 Å². The van der Waals surface area contributed by atoms with Crippen LogP contribution >= 0.6 is 0 Å². The number of benzene rings is 1. The molecule has 0 bridgehead atoms. The van der Waals surface area contributed by atoms with E-state index in [-0.39, 0.29) is 18.6 Å². The molecule has 0 aliphatic rings. The molecule has 0 aromatic heterocycles. The van der Waals surface area contributed by atoms with Crippen molar-refractivity contribution in [2.24, 2.45) is 0 Å². The lowest BCUT2D eigenvalue weighted by Crippen LogP contribution is -2.32. The van der Waals surface area contributed by atoms with Gasteiger partial charge in [-0.3, -0.25) is 4.79 Å². The molecule has 0 radical (unpaired) electrons. The highest BCUT2D eigenvalue weighted by Gasteiger charge is 2.07. The first kappa shape index (κ1) is 14.5. The Balaban J connectivity index is 2.26. The van der Waals surface area contributed by atoms with Crippen molar-refractivity contribution in [3.8, 4) is 0 Å². The summed E-state index contributed by atoms with van der Waals surface area (Å²) in [4.78, 5) is 11.7. The number of carbonyl (C=O) groups excluding carboxylic acids is 1. The van der Waals surface area contributed by atoms with Crippen LogP contribution in [-0.2, 0) is 11.2 Å². The van der Waals surface area contributed by atoms with Gasteiger partial charge in [-0.05, 0) is 43.9 Å². The standard InChI is InChI=1S/C14H22N2O2/c1-11(3-2-10-17)16-14(18)9-6-12-4-7-13(15)8-5-12/h4-5,7-8,11,17H,2-3,6,9-10,15H2,1H3,(H,16,18). The van der Waals surface area contributed by atoms with E-state index in [1.54, 1.807) is 0 Å². The van der Waals surface area contributed by atoms with Crippen LogP contribution < -0.4 is 11.1 Å². The molecule has 1 rings (SSSR count). The summed E-state index contributed by atoms with van der Waals surface area (Å²) in [5.74, 6) is 0.0530. The summed E-state index contributed by atoms with van der Waals surface area (Å²) in [6.07, 6.45) is 2.73. The average molecular weight is 250 g/mol. The van der Waals surface area contributed by atoms with E-state index in [0.717, 1.165) is 30.5 Å². The predicted molar refractivity (Wildman–Crippen MR) is 73.1 cm³/mol. The Bertz CT molecular complexity index is 363. The van der Waals surface area contributed by atoms with Crippen LogP contribution in [0.4, 0.5) is 5.69 Å². The molecule has 100 valence electrons. The topological polar surface area (TPSA) is 75.3 Å². The van der Waals surface area contributed by atoms with Crippen LogP contribution in [0, 0.1) is 0 Å². The summed E-state index contributed by atoms with van der Waals surface area (Å²) in [6, 6.07) is 7.69. The zero-order valence-electron chi connectivity index (χ0n) is 10.9. The molecule has 1 atom stereocenters. The van der Waals surface area contributed by atoms with Gasteiger partial charge in [0.05, 0.1) is 0 Å². The number of aryl methyl sites for hydroxylation is 1. The molecule has 18 heavy (non-hydrogen) atoms. The molecular formula is C14H22N2O2. The van der Waals surface area contributed by atoms with Crippen LogP contribution in [0.25, 0.3) is 0 Å². The largest absolute Gasteiger partial charge is 0.399 e. The SMILES string of the molecule is CC(CCCO)NC(=O)CCc1ccc(N)cc1. The van der Waals surface area contributed by atoms with E-state index in [1.165, 1.54) is 0 Å². The Morgan fingerprint density at radius 2 is 2.06 bits per heavy atom. The fraction of sp³-hybridized carbons (Fsp3) is 0.500. The maximum atomic E-state index is 11.7. The van der Waals surface area contributed by atoms with Crippen LogP contribution in [0.3, 0.4) is 0 Å². The Morgan fingerprint density at radius 1 is 1.39 bits per heavy atom. The molecule has 4 nitrogen and oxygen atoms in total. The van der Waals surface area contributed by atoms with Crippen molar-refractivity contribution in [2.45, 2.75) is 38.6 Å². The van der Waals surface area contributed by atoms with E-state index in [1.807, 2.05) is 31.2 Å². The third-order valence-corrected chi connectivity index (χ3v) is 2.82. The minimum Gasteiger partial charge on any atom is -0.399 e. The lowest BCUT2D eigenvalue weighted by molar-refractivity contribution is -0.121. The molecule has 0 heterocycles. The summed E-state index contributed by atoms with van der Waals surface area (Å²) in [5.41, 5.74) is 7.45. The predicted octanol–water partition coefficient (Wildman–Crippen LogP) is 1.48. The zero-order valence-corrected chi connectivity index (χ0v) is 10.9. The van der Waals surface area contributed by atoms with Gasteiger partial charge in [0.15, 0.2) is 0 Å². The van der Waals surface area contributed by atoms with E-state index in [2.05, 4.69) is 5.32 Å². The maximum Gasteiger partial charge on any atom is 0.220 e. The third kappa shape index (κ3) is 5.68. The van der Waals surface area contributed by atoms with Crippen LogP contribution in [0.15, 0.2) is 24.3 Å². The van der Waals surface area contributed by atoms with Crippen LogP contribution in [0.5, 0.6) is 0 Å². The molecule has 4 heteroatoms. The Hall–Kier alpha value is -1.55. The number of hydrogen-bond acceptors (Lipinski definition) is 3. The summed E-state index contributed by atoms with van der Waals surface area (Å²) in [5, 5.41) is 11.6. The minimum atomic E-state index is 0.0530. The number of rotatable bonds is 7. The number of nitrogen functional groups attached to an aromatic ring is 1. The lowest BCUT2D eigenvalue weighted by Gasteiger charge is -2.13. The number of nitrogens with one attached hydrogen (secondary N) is 1. The number of carbonyl (C=O) groups is 1. The fourth-order valence-corrected chi connectivity index (χ4v) is 1.76. The summed E-state index contributed by atoms with van der Waals surface area (Å²) >= 11 is 0. The fourth-order valence-electron chi connectivity index (χ4n) is 1.76. The van der Waals surface area contributed by atoms with Crippen molar-refractivity contribution >= 4 is 11.6 Å². The Kier molecular flexibility index (Phi) is 6.22. The van der Waals surface area contributed by atoms with Crippen LogP contribution in [0.1, 0.15) is 31.7 Å². The van der Waals surface area contributed by atoms with Gasteiger partial charge in [-0.2, -0.15) is 0 Å². The monoisotopic (exact) mass is 250 g/mol. The van der Waals surface area contributed by atoms with Gasteiger partial charge in [-0.15, -0.1) is 0 Å². The van der Waals surface area contributed by atoms with Gasteiger partial charge in [-0.1, -0.05) is 12.1 Å². The number of anilines is 1. The Morgan fingerprint density at radius 3 is 2.67 bits per heavy atom.